The number of aryl methyl sites for hydroxylation is 2. The second-order valence-corrected chi connectivity index (χ2v) is 6.11. The summed E-state index contributed by atoms with van der Waals surface area (Å²) in [5, 5.41) is 2.56. The van der Waals surface area contributed by atoms with Crippen molar-refractivity contribution in [2.45, 2.75) is 27.7 Å². The molecule has 2 rings (SSSR count). The van der Waals surface area contributed by atoms with Crippen molar-refractivity contribution in [3.63, 3.8) is 0 Å². The number of rotatable bonds is 7. The lowest BCUT2D eigenvalue weighted by Crippen LogP contribution is -2.18. The average Bonchev–Trinajstić information content (AvgIpc) is 2.93. The van der Waals surface area contributed by atoms with Gasteiger partial charge in [-0.25, -0.2) is 9.59 Å². The van der Waals surface area contributed by atoms with Crippen LogP contribution in [0.3, 0.4) is 0 Å². The molecule has 0 unspecified atom stereocenters. The van der Waals surface area contributed by atoms with Gasteiger partial charge < -0.3 is 19.8 Å². The zero-order valence-electron chi connectivity index (χ0n) is 16.2. The molecule has 1 amide bonds. The number of esters is 2. The highest BCUT2D eigenvalue weighted by Gasteiger charge is 2.26. The summed E-state index contributed by atoms with van der Waals surface area (Å²) < 4.78 is 10.1. The molecule has 0 bridgehead atoms. The van der Waals surface area contributed by atoms with Gasteiger partial charge in [-0.05, 0) is 39.0 Å². The first-order valence-corrected chi connectivity index (χ1v) is 8.68. The van der Waals surface area contributed by atoms with Crippen LogP contribution in [0.4, 0.5) is 5.69 Å². The number of nitrogens with one attached hydrogen (secondary N) is 2. The lowest BCUT2D eigenvalue weighted by molar-refractivity contribution is -0.114. The van der Waals surface area contributed by atoms with Gasteiger partial charge in [0.25, 0.3) is 0 Å². The first-order valence-electron chi connectivity index (χ1n) is 8.68. The van der Waals surface area contributed by atoms with Gasteiger partial charge in [-0.1, -0.05) is 6.07 Å². The fraction of sp³-hybridized carbons (Fsp3) is 0.300. The van der Waals surface area contributed by atoms with Crippen molar-refractivity contribution >= 4 is 29.3 Å². The van der Waals surface area contributed by atoms with Crippen LogP contribution >= 0.6 is 0 Å². The fourth-order valence-electron chi connectivity index (χ4n) is 2.80. The van der Waals surface area contributed by atoms with Gasteiger partial charge in [0.05, 0.1) is 23.3 Å². The Balaban J connectivity index is 2.13. The van der Waals surface area contributed by atoms with E-state index in [0.717, 1.165) is 0 Å². The van der Waals surface area contributed by atoms with Crippen LogP contribution in [0.25, 0.3) is 0 Å². The molecule has 0 atom stereocenters. The zero-order valence-corrected chi connectivity index (χ0v) is 16.2. The Labute approximate surface area is 162 Å². The third-order valence-corrected chi connectivity index (χ3v) is 3.89. The number of carbonyl (C=O) groups is 4. The molecule has 8 nitrogen and oxygen atoms in total. The van der Waals surface area contributed by atoms with Crippen molar-refractivity contribution in [3.05, 3.63) is 52.3 Å². The molecule has 2 aromatic rings. The Kier molecular flexibility index (Phi) is 6.70. The maximum atomic E-state index is 12.6. The summed E-state index contributed by atoms with van der Waals surface area (Å²) in [4.78, 5) is 51.1. The monoisotopic (exact) mass is 386 g/mol. The summed E-state index contributed by atoms with van der Waals surface area (Å²) in [5.74, 6) is -2.12. The van der Waals surface area contributed by atoms with Gasteiger partial charge in [-0.2, -0.15) is 0 Å². The van der Waals surface area contributed by atoms with E-state index in [0.29, 0.717) is 17.1 Å². The number of hydrogen-bond donors (Lipinski definition) is 2. The largest absolute Gasteiger partial charge is 0.462 e. The minimum Gasteiger partial charge on any atom is -0.462 e. The first-order chi connectivity index (χ1) is 13.2. The minimum absolute atomic E-state index is 0.146. The van der Waals surface area contributed by atoms with E-state index in [-0.39, 0.29) is 29.2 Å². The predicted octanol–water partition coefficient (Wildman–Crippen LogP) is 2.81. The lowest BCUT2D eigenvalue weighted by atomic mass is 10.1. The van der Waals surface area contributed by atoms with Crippen molar-refractivity contribution < 1.29 is 28.7 Å². The topological polar surface area (TPSA) is 115 Å². The molecule has 1 aromatic carbocycles. The molecule has 0 spiro atoms. The highest BCUT2D eigenvalue weighted by Crippen LogP contribution is 2.21. The molecule has 2 N–H and O–H groups in total. The number of hydrogen-bond acceptors (Lipinski definition) is 6. The van der Waals surface area contributed by atoms with Gasteiger partial charge in [0, 0.05) is 24.0 Å². The van der Waals surface area contributed by atoms with Crippen molar-refractivity contribution in [2.24, 2.45) is 0 Å². The number of amides is 1. The van der Waals surface area contributed by atoms with Crippen LogP contribution in [0.5, 0.6) is 0 Å². The summed E-state index contributed by atoms with van der Waals surface area (Å²) in [6.45, 7) is 5.98. The van der Waals surface area contributed by atoms with Gasteiger partial charge >= 0.3 is 11.9 Å². The SMILES string of the molecule is CCOC(=O)c1c(C)[nH]c(C)c1C(=O)COC(=O)c1cccc(NC(C)=O)c1. The second kappa shape index (κ2) is 8.98. The number of anilines is 1. The highest BCUT2D eigenvalue weighted by molar-refractivity contribution is 6.09. The van der Waals surface area contributed by atoms with Crippen LogP contribution in [0, 0.1) is 13.8 Å². The number of aromatic amines is 1. The summed E-state index contributed by atoms with van der Waals surface area (Å²) in [6, 6.07) is 6.17. The number of H-pyrrole nitrogens is 1. The van der Waals surface area contributed by atoms with E-state index in [1.54, 1.807) is 32.9 Å². The van der Waals surface area contributed by atoms with E-state index < -0.39 is 24.3 Å². The maximum absolute atomic E-state index is 12.6. The second-order valence-electron chi connectivity index (χ2n) is 6.11. The van der Waals surface area contributed by atoms with Crippen LogP contribution in [0.2, 0.25) is 0 Å². The normalized spacial score (nSPS) is 10.3. The molecule has 0 aliphatic rings. The summed E-state index contributed by atoms with van der Waals surface area (Å²) in [6.07, 6.45) is 0. The molecule has 1 heterocycles. The quantitative estimate of drug-likeness (QED) is 0.559. The van der Waals surface area contributed by atoms with Crippen LogP contribution < -0.4 is 5.32 Å². The summed E-state index contributed by atoms with van der Waals surface area (Å²) in [7, 11) is 0. The van der Waals surface area contributed by atoms with E-state index in [1.807, 2.05) is 0 Å². The average molecular weight is 386 g/mol. The molecule has 1 aromatic heterocycles. The van der Waals surface area contributed by atoms with Crippen molar-refractivity contribution in [1.29, 1.82) is 0 Å². The Bertz CT molecular complexity index is 929. The van der Waals surface area contributed by atoms with E-state index in [9.17, 15) is 19.2 Å². The minimum atomic E-state index is -0.719. The molecule has 0 radical (unpaired) electrons. The van der Waals surface area contributed by atoms with E-state index in [1.165, 1.54) is 19.1 Å². The summed E-state index contributed by atoms with van der Waals surface area (Å²) in [5.41, 5.74) is 1.92. The van der Waals surface area contributed by atoms with Gasteiger partial charge in [0.2, 0.25) is 11.7 Å². The molecule has 0 aliphatic heterocycles. The Morgan fingerprint density at radius 1 is 1.00 bits per heavy atom. The number of benzene rings is 1. The number of ketones is 1. The lowest BCUT2D eigenvalue weighted by Gasteiger charge is -2.08. The number of aromatic nitrogens is 1. The molecular formula is C20H22N2O6. The number of Topliss-reactive ketones (excluding diaryl/α,β-unsaturated/α-hetero) is 1. The standard InChI is InChI=1S/C20H22N2O6/c1-5-27-20(26)18-12(3)21-11(2)17(18)16(24)10-28-19(25)14-7-6-8-15(9-14)22-13(4)23/h6-9,21H,5,10H2,1-4H3,(H,22,23). The molecule has 0 aliphatic carbocycles. The third-order valence-electron chi connectivity index (χ3n) is 3.89. The van der Waals surface area contributed by atoms with E-state index in [2.05, 4.69) is 10.3 Å². The van der Waals surface area contributed by atoms with Crippen molar-refractivity contribution in [1.82, 2.24) is 4.98 Å². The van der Waals surface area contributed by atoms with Crippen molar-refractivity contribution in [3.8, 4) is 0 Å². The molecule has 0 saturated heterocycles. The molecule has 8 heteroatoms. The Morgan fingerprint density at radius 3 is 2.32 bits per heavy atom. The van der Waals surface area contributed by atoms with Crippen molar-refractivity contribution in [2.75, 3.05) is 18.5 Å². The van der Waals surface area contributed by atoms with Crippen LogP contribution in [-0.2, 0) is 14.3 Å². The molecule has 0 fully saturated rings. The molecule has 0 saturated carbocycles. The predicted molar refractivity (Wildman–Crippen MR) is 102 cm³/mol. The van der Waals surface area contributed by atoms with Crippen LogP contribution in [0.15, 0.2) is 24.3 Å². The van der Waals surface area contributed by atoms with Gasteiger partial charge in [-0.3, -0.25) is 9.59 Å². The molecular weight excluding hydrogens is 364 g/mol. The Morgan fingerprint density at radius 2 is 1.68 bits per heavy atom. The molecule has 148 valence electrons. The van der Waals surface area contributed by atoms with Gasteiger partial charge in [0.15, 0.2) is 6.61 Å². The van der Waals surface area contributed by atoms with E-state index >= 15 is 0 Å². The maximum Gasteiger partial charge on any atom is 0.340 e. The smallest absolute Gasteiger partial charge is 0.340 e. The number of carbonyl (C=O) groups excluding carboxylic acids is 4. The van der Waals surface area contributed by atoms with E-state index in [4.69, 9.17) is 9.47 Å². The van der Waals surface area contributed by atoms with Gasteiger partial charge in [-0.15, -0.1) is 0 Å². The third kappa shape index (κ3) is 4.85. The highest BCUT2D eigenvalue weighted by atomic mass is 16.5. The zero-order chi connectivity index (χ0) is 20.8. The fourth-order valence-corrected chi connectivity index (χ4v) is 2.80. The van der Waals surface area contributed by atoms with Gasteiger partial charge in [0.1, 0.15) is 0 Å². The van der Waals surface area contributed by atoms with Crippen LogP contribution in [0.1, 0.15) is 56.3 Å². The number of ether oxygens (including phenoxy) is 2. The Hall–Kier alpha value is -3.42. The first kappa shape index (κ1) is 20.9. The molecule has 28 heavy (non-hydrogen) atoms. The summed E-state index contributed by atoms with van der Waals surface area (Å²) >= 11 is 0. The van der Waals surface area contributed by atoms with Crippen LogP contribution in [-0.4, -0.2) is 41.8 Å².